The van der Waals surface area contributed by atoms with Gasteiger partial charge in [-0.2, -0.15) is 0 Å². The molecule has 15 heavy (non-hydrogen) atoms. The fourth-order valence-electron chi connectivity index (χ4n) is 1.12. The quantitative estimate of drug-likeness (QED) is 0.432. The summed E-state index contributed by atoms with van der Waals surface area (Å²) >= 11 is 0. The second kappa shape index (κ2) is 5.29. The predicted octanol–water partition coefficient (Wildman–Crippen LogP) is 2.95. The fraction of sp³-hybridized carbons (Fsp3) is 0.250. The summed E-state index contributed by atoms with van der Waals surface area (Å²) in [4.78, 5) is 11.7. The van der Waals surface area contributed by atoms with Gasteiger partial charge in [-0.1, -0.05) is 12.1 Å². The topological polar surface area (TPSA) is 26.3 Å². The van der Waals surface area contributed by atoms with E-state index in [1.54, 1.807) is 19.1 Å². The lowest BCUT2D eigenvalue weighted by Gasteiger charge is -2.02. The number of hydrogen-bond acceptors (Lipinski definition) is 2. The fourth-order valence-corrected chi connectivity index (χ4v) is 1.12. The summed E-state index contributed by atoms with van der Waals surface area (Å²) in [6, 6.07) is 5.90. The van der Waals surface area contributed by atoms with Crippen LogP contribution in [0.25, 0.3) is 0 Å². The van der Waals surface area contributed by atoms with Crippen LogP contribution < -0.4 is 0 Å². The van der Waals surface area contributed by atoms with Crippen molar-refractivity contribution in [1.82, 2.24) is 0 Å². The third kappa shape index (κ3) is 2.91. The first-order valence-corrected chi connectivity index (χ1v) is 4.74. The van der Waals surface area contributed by atoms with Crippen LogP contribution in [0, 0.1) is 5.82 Å². The summed E-state index contributed by atoms with van der Waals surface area (Å²) in [5.41, 5.74) is 0.466. The highest BCUT2D eigenvalue weighted by molar-refractivity contribution is 6.08. The van der Waals surface area contributed by atoms with Gasteiger partial charge < -0.3 is 4.74 Å². The summed E-state index contributed by atoms with van der Waals surface area (Å²) in [6.45, 7) is 3.91. The molecule has 0 fully saturated rings. The summed E-state index contributed by atoms with van der Waals surface area (Å²) in [5.74, 6) is -0.853. The average molecular weight is 208 g/mol. The van der Waals surface area contributed by atoms with Gasteiger partial charge in [-0.15, -0.1) is 0 Å². The minimum atomic E-state index is -0.508. The van der Waals surface area contributed by atoms with Crippen molar-refractivity contribution >= 4 is 5.78 Å². The smallest absolute Gasteiger partial charge is 0.194 e. The van der Waals surface area contributed by atoms with Crippen molar-refractivity contribution in [3.63, 3.8) is 0 Å². The predicted molar refractivity (Wildman–Crippen MR) is 56.1 cm³/mol. The lowest BCUT2D eigenvalue weighted by molar-refractivity contribution is 0.102. The summed E-state index contributed by atoms with van der Waals surface area (Å²) in [7, 11) is 0. The molecule has 0 radical (unpaired) electrons. The third-order valence-electron chi connectivity index (χ3n) is 1.90. The molecule has 0 aliphatic rings. The van der Waals surface area contributed by atoms with E-state index in [1.807, 2.05) is 6.92 Å². The Morgan fingerprint density at radius 2 is 2.13 bits per heavy atom. The Kier molecular flexibility index (Phi) is 4.03. The van der Waals surface area contributed by atoms with Crippen molar-refractivity contribution in [2.45, 2.75) is 13.8 Å². The van der Waals surface area contributed by atoms with Gasteiger partial charge in [-0.3, -0.25) is 4.79 Å². The molecule has 0 saturated heterocycles. The molecule has 0 bridgehead atoms. The van der Waals surface area contributed by atoms with E-state index in [9.17, 15) is 9.18 Å². The van der Waals surface area contributed by atoms with Gasteiger partial charge in [-0.05, 0) is 26.0 Å². The van der Waals surface area contributed by atoms with Crippen LogP contribution in [0.1, 0.15) is 24.2 Å². The van der Waals surface area contributed by atoms with Crippen LogP contribution in [0.3, 0.4) is 0 Å². The molecule has 1 aromatic rings. The van der Waals surface area contributed by atoms with E-state index < -0.39 is 5.82 Å². The van der Waals surface area contributed by atoms with Crippen LogP contribution in [0.15, 0.2) is 36.1 Å². The molecule has 0 amide bonds. The highest BCUT2D eigenvalue weighted by atomic mass is 19.1. The number of ether oxygens (including phenoxy) is 1. The number of halogens is 1. The third-order valence-corrected chi connectivity index (χ3v) is 1.90. The highest BCUT2D eigenvalue weighted by Crippen LogP contribution is 2.12. The number of benzene rings is 1. The molecule has 0 aliphatic carbocycles. The minimum Gasteiger partial charge on any atom is -0.501 e. The van der Waals surface area contributed by atoms with Gasteiger partial charge in [-0.25, -0.2) is 4.39 Å². The molecule has 3 heteroatoms. The van der Waals surface area contributed by atoms with Crippen molar-refractivity contribution in [3.8, 4) is 0 Å². The Bertz CT molecular complexity index is 383. The van der Waals surface area contributed by atoms with E-state index in [2.05, 4.69) is 0 Å². The van der Waals surface area contributed by atoms with E-state index >= 15 is 0 Å². The van der Waals surface area contributed by atoms with Crippen LogP contribution in [-0.2, 0) is 4.74 Å². The van der Waals surface area contributed by atoms with Crippen LogP contribution in [0.5, 0.6) is 0 Å². The molecule has 0 unspecified atom stereocenters. The van der Waals surface area contributed by atoms with Gasteiger partial charge in [0, 0.05) is 5.57 Å². The summed E-state index contributed by atoms with van der Waals surface area (Å²) < 4.78 is 18.2. The Morgan fingerprint density at radius 3 is 2.73 bits per heavy atom. The Morgan fingerprint density at radius 1 is 1.47 bits per heavy atom. The maximum absolute atomic E-state index is 13.2. The number of Topliss-reactive ketones (excluding diaryl/α,β-unsaturated/α-hetero) is 1. The average Bonchev–Trinajstić information content (AvgIpc) is 2.25. The highest BCUT2D eigenvalue weighted by Gasteiger charge is 2.12. The van der Waals surface area contributed by atoms with Crippen molar-refractivity contribution in [3.05, 3.63) is 47.5 Å². The molecule has 1 rings (SSSR count). The molecule has 0 saturated carbocycles. The summed E-state index contributed by atoms with van der Waals surface area (Å²) in [5, 5.41) is 0. The van der Waals surface area contributed by atoms with Gasteiger partial charge in [0.15, 0.2) is 5.78 Å². The number of carbonyl (C=O) groups excluding carboxylic acids is 1. The lowest BCUT2D eigenvalue weighted by atomic mass is 10.1. The Hall–Kier alpha value is -1.64. The van der Waals surface area contributed by atoms with Gasteiger partial charge >= 0.3 is 0 Å². The van der Waals surface area contributed by atoms with E-state index in [0.717, 1.165) is 0 Å². The minimum absolute atomic E-state index is 0.0750. The van der Waals surface area contributed by atoms with Gasteiger partial charge in [0.1, 0.15) is 5.82 Å². The molecule has 0 N–H and O–H groups in total. The zero-order chi connectivity index (χ0) is 11.3. The number of ketones is 1. The standard InChI is InChI=1S/C12H13FO2/c1-3-15-8-9(2)12(14)10-6-4-5-7-11(10)13/h4-8H,3H2,1-2H3/b9-8-. The monoisotopic (exact) mass is 208 g/mol. The second-order valence-corrected chi connectivity index (χ2v) is 3.07. The normalized spacial score (nSPS) is 11.3. The second-order valence-electron chi connectivity index (χ2n) is 3.07. The molecule has 0 heterocycles. The van der Waals surface area contributed by atoms with Crippen molar-refractivity contribution in [2.75, 3.05) is 6.61 Å². The number of rotatable bonds is 4. The molecule has 0 atom stereocenters. The maximum atomic E-state index is 13.2. The zero-order valence-electron chi connectivity index (χ0n) is 8.79. The van der Waals surface area contributed by atoms with E-state index in [1.165, 1.54) is 18.4 Å². The van der Waals surface area contributed by atoms with E-state index in [-0.39, 0.29) is 11.3 Å². The molecular formula is C12H13FO2. The molecule has 0 aliphatic heterocycles. The zero-order valence-corrected chi connectivity index (χ0v) is 8.79. The molecule has 0 spiro atoms. The number of allylic oxidation sites excluding steroid dienone is 1. The van der Waals surface area contributed by atoms with Crippen LogP contribution in [0.2, 0.25) is 0 Å². The molecular weight excluding hydrogens is 195 g/mol. The van der Waals surface area contributed by atoms with E-state index in [4.69, 9.17) is 4.74 Å². The van der Waals surface area contributed by atoms with Crippen LogP contribution in [-0.4, -0.2) is 12.4 Å². The first kappa shape index (κ1) is 11.4. The van der Waals surface area contributed by atoms with Gasteiger partial charge in [0.2, 0.25) is 0 Å². The molecule has 80 valence electrons. The molecule has 1 aromatic carbocycles. The maximum Gasteiger partial charge on any atom is 0.194 e. The van der Waals surface area contributed by atoms with Gasteiger partial charge in [0.25, 0.3) is 0 Å². The largest absolute Gasteiger partial charge is 0.501 e. The Balaban J connectivity index is 2.90. The number of carbonyl (C=O) groups is 1. The SMILES string of the molecule is CCO/C=C(/C)C(=O)c1ccccc1F. The van der Waals surface area contributed by atoms with E-state index in [0.29, 0.717) is 12.2 Å². The molecule has 2 nitrogen and oxygen atoms in total. The van der Waals surface area contributed by atoms with Gasteiger partial charge in [0.05, 0.1) is 18.4 Å². The van der Waals surface area contributed by atoms with Crippen molar-refractivity contribution in [2.24, 2.45) is 0 Å². The lowest BCUT2D eigenvalue weighted by Crippen LogP contribution is -2.04. The summed E-state index contributed by atoms with van der Waals surface area (Å²) in [6.07, 6.45) is 1.36. The number of hydrogen-bond donors (Lipinski definition) is 0. The van der Waals surface area contributed by atoms with Crippen LogP contribution >= 0.6 is 0 Å². The van der Waals surface area contributed by atoms with Crippen molar-refractivity contribution < 1.29 is 13.9 Å². The first-order chi connectivity index (χ1) is 7.16. The first-order valence-electron chi connectivity index (χ1n) is 4.74. The Labute approximate surface area is 88.4 Å². The van der Waals surface area contributed by atoms with Crippen LogP contribution in [0.4, 0.5) is 4.39 Å². The molecule has 0 aromatic heterocycles. The van der Waals surface area contributed by atoms with Crippen molar-refractivity contribution in [1.29, 1.82) is 0 Å².